The molecular weight excluding hydrogens is 242 g/mol. The maximum atomic E-state index is 9.44. The van der Waals surface area contributed by atoms with Gasteiger partial charge in [0.05, 0.1) is 13.7 Å². The first kappa shape index (κ1) is 15.3. The minimum Gasteiger partial charge on any atom is -0.497 e. The van der Waals surface area contributed by atoms with Crippen molar-refractivity contribution in [2.24, 2.45) is 5.92 Å². The number of nitrogen functional groups attached to an aromatic ring is 1. The SMILES string of the molecule is CC(C)=O.COc1cc(N)cc(OCC2CCC2)c1. The molecule has 0 atom stereocenters. The number of carbonyl (C=O) groups excluding carboxylic acids is 1. The van der Waals surface area contributed by atoms with Gasteiger partial charge in [-0.2, -0.15) is 0 Å². The van der Waals surface area contributed by atoms with Gasteiger partial charge in [-0.25, -0.2) is 0 Å². The number of hydrogen-bond donors (Lipinski definition) is 1. The Morgan fingerprint density at radius 1 is 1.26 bits per heavy atom. The number of hydrogen-bond acceptors (Lipinski definition) is 4. The molecule has 0 bridgehead atoms. The van der Waals surface area contributed by atoms with Gasteiger partial charge in [-0.15, -0.1) is 0 Å². The van der Waals surface area contributed by atoms with Gasteiger partial charge in [0.15, 0.2) is 0 Å². The van der Waals surface area contributed by atoms with E-state index in [2.05, 4.69) is 0 Å². The molecule has 1 saturated carbocycles. The Bertz CT molecular complexity index is 410. The minimum atomic E-state index is 0.167. The van der Waals surface area contributed by atoms with E-state index in [0.717, 1.165) is 24.0 Å². The number of ketones is 1. The first-order chi connectivity index (χ1) is 9.01. The van der Waals surface area contributed by atoms with Crippen LogP contribution in [0.1, 0.15) is 33.1 Å². The molecule has 0 aliphatic heterocycles. The number of benzene rings is 1. The van der Waals surface area contributed by atoms with E-state index < -0.39 is 0 Å². The molecule has 0 amide bonds. The normalized spacial score (nSPS) is 13.8. The third kappa shape index (κ3) is 6.13. The Morgan fingerprint density at radius 3 is 2.32 bits per heavy atom. The van der Waals surface area contributed by atoms with E-state index >= 15 is 0 Å². The van der Waals surface area contributed by atoms with Crippen LogP contribution in [0.2, 0.25) is 0 Å². The molecule has 19 heavy (non-hydrogen) atoms. The maximum Gasteiger partial charge on any atom is 0.126 e. The molecule has 1 fully saturated rings. The Kier molecular flexibility index (Phi) is 6.19. The van der Waals surface area contributed by atoms with E-state index in [-0.39, 0.29) is 5.78 Å². The van der Waals surface area contributed by atoms with Gasteiger partial charge in [-0.1, -0.05) is 6.42 Å². The van der Waals surface area contributed by atoms with Crippen LogP contribution in [0.3, 0.4) is 0 Å². The largest absolute Gasteiger partial charge is 0.497 e. The summed E-state index contributed by atoms with van der Waals surface area (Å²) in [6.07, 6.45) is 3.92. The third-order valence-corrected chi connectivity index (χ3v) is 2.85. The number of rotatable bonds is 4. The highest BCUT2D eigenvalue weighted by Gasteiger charge is 2.17. The highest BCUT2D eigenvalue weighted by molar-refractivity contribution is 5.72. The van der Waals surface area contributed by atoms with Gasteiger partial charge >= 0.3 is 0 Å². The van der Waals surface area contributed by atoms with E-state index in [1.807, 2.05) is 12.1 Å². The van der Waals surface area contributed by atoms with Crippen molar-refractivity contribution in [1.29, 1.82) is 0 Å². The molecule has 1 aliphatic carbocycles. The second-order valence-corrected chi connectivity index (χ2v) is 4.96. The maximum absolute atomic E-state index is 9.44. The fraction of sp³-hybridized carbons (Fsp3) is 0.533. The van der Waals surface area contributed by atoms with Crippen LogP contribution >= 0.6 is 0 Å². The molecule has 0 radical (unpaired) electrons. The van der Waals surface area contributed by atoms with E-state index in [1.165, 1.54) is 33.1 Å². The van der Waals surface area contributed by atoms with Gasteiger partial charge in [0.2, 0.25) is 0 Å². The number of carbonyl (C=O) groups is 1. The molecular formula is C15H23NO3. The van der Waals surface area contributed by atoms with Crippen LogP contribution in [0, 0.1) is 5.92 Å². The molecule has 106 valence electrons. The average molecular weight is 265 g/mol. The van der Waals surface area contributed by atoms with Crippen LogP contribution < -0.4 is 15.2 Å². The van der Waals surface area contributed by atoms with E-state index in [1.54, 1.807) is 13.2 Å². The van der Waals surface area contributed by atoms with Crippen molar-refractivity contribution in [2.45, 2.75) is 33.1 Å². The number of methoxy groups -OCH3 is 1. The van der Waals surface area contributed by atoms with Crippen molar-refractivity contribution in [3.05, 3.63) is 18.2 Å². The molecule has 0 aromatic heterocycles. The minimum absolute atomic E-state index is 0.167. The summed E-state index contributed by atoms with van der Waals surface area (Å²) in [5.41, 5.74) is 6.41. The molecule has 0 spiro atoms. The smallest absolute Gasteiger partial charge is 0.126 e. The van der Waals surface area contributed by atoms with Crippen molar-refractivity contribution in [2.75, 3.05) is 19.5 Å². The van der Waals surface area contributed by atoms with E-state index in [0.29, 0.717) is 5.69 Å². The first-order valence-electron chi connectivity index (χ1n) is 6.55. The molecule has 1 aliphatic rings. The van der Waals surface area contributed by atoms with E-state index in [9.17, 15) is 4.79 Å². The molecule has 4 heteroatoms. The Morgan fingerprint density at radius 2 is 1.84 bits per heavy atom. The average Bonchev–Trinajstić information content (AvgIpc) is 2.25. The third-order valence-electron chi connectivity index (χ3n) is 2.85. The zero-order valence-electron chi connectivity index (χ0n) is 11.9. The van der Waals surface area contributed by atoms with Gasteiger partial charge in [0, 0.05) is 23.9 Å². The fourth-order valence-corrected chi connectivity index (χ4v) is 1.67. The van der Waals surface area contributed by atoms with Gasteiger partial charge in [-0.05, 0) is 32.6 Å². The Hall–Kier alpha value is -1.71. The number of ether oxygens (including phenoxy) is 2. The molecule has 0 heterocycles. The summed E-state index contributed by atoms with van der Waals surface area (Å²) in [5.74, 6) is 2.45. The fourth-order valence-electron chi connectivity index (χ4n) is 1.67. The second kappa shape index (κ2) is 7.67. The molecule has 2 N–H and O–H groups in total. The van der Waals surface area contributed by atoms with Crippen LogP contribution in [0.5, 0.6) is 11.5 Å². The number of anilines is 1. The van der Waals surface area contributed by atoms with Crippen molar-refractivity contribution in [3.63, 3.8) is 0 Å². The lowest BCUT2D eigenvalue weighted by atomic mass is 9.86. The summed E-state index contributed by atoms with van der Waals surface area (Å²) in [6.45, 7) is 3.85. The van der Waals surface area contributed by atoms with Crippen LogP contribution in [0.25, 0.3) is 0 Å². The monoisotopic (exact) mass is 265 g/mol. The predicted octanol–water partition coefficient (Wildman–Crippen LogP) is 3.05. The van der Waals surface area contributed by atoms with Gasteiger partial charge in [-0.3, -0.25) is 0 Å². The Balaban J connectivity index is 0.000000399. The molecule has 0 unspecified atom stereocenters. The predicted molar refractivity (Wildman–Crippen MR) is 76.6 cm³/mol. The first-order valence-corrected chi connectivity index (χ1v) is 6.55. The van der Waals surface area contributed by atoms with Gasteiger partial charge < -0.3 is 20.0 Å². The summed E-state index contributed by atoms with van der Waals surface area (Å²) in [5, 5.41) is 0. The van der Waals surface area contributed by atoms with Crippen molar-refractivity contribution in [1.82, 2.24) is 0 Å². The van der Waals surface area contributed by atoms with Gasteiger partial charge in [0.1, 0.15) is 17.3 Å². The molecule has 1 aromatic rings. The van der Waals surface area contributed by atoms with E-state index in [4.69, 9.17) is 15.2 Å². The van der Waals surface area contributed by atoms with Crippen molar-refractivity contribution >= 4 is 11.5 Å². The highest BCUT2D eigenvalue weighted by atomic mass is 16.5. The summed E-state index contributed by atoms with van der Waals surface area (Å²) in [6, 6.07) is 5.49. The lowest BCUT2D eigenvalue weighted by Gasteiger charge is -2.25. The summed E-state index contributed by atoms with van der Waals surface area (Å²) < 4.78 is 10.8. The lowest BCUT2D eigenvalue weighted by Crippen LogP contribution is -2.19. The van der Waals surface area contributed by atoms with Crippen molar-refractivity contribution < 1.29 is 14.3 Å². The summed E-state index contributed by atoms with van der Waals surface area (Å²) in [7, 11) is 1.63. The van der Waals surface area contributed by atoms with Crippen LogP contribution in [0.15, 0.2) is 18.2 Å². The molecule has 4 nitrogen and oxygen atoms in total. The van der Waals surface area contributed by atoms with Crippen LogP contribution in [-0.2, 0) is 4.79 Å². The lowest BCUT2D eigenvalue weighted by molar-refractivity contribution is -0.114. The zero-order valence-corrected chi connectivity index (χ0v) is 11.9. The van der Waals surface area contributed by atoms with Crippen LogP contribution in [-0.4, -0.2) is 19.5 Å². The number of Topliss-reactive ketones (excluding diaryl/α,β-unsaturated/α-hetero) is 1. The second-order valence-electron chi connectivity index (χ2n) is 4.96. The number of nitrogens with two attached hydrogens (primary N) is 1. The summed E-state index contributed by atoms with van der Waals surface area (Å²) in [4.78, 5) is 9.44. The Labute approximate surface area is 114 Å². The van der Waals surface area contributed by atoms with Gasteiger partial charge in [0.25, 0.3) is 0 Å². The molecule has 0 saturated heterocycles. The quantitative estimate of drug-likeness (QED) is 0.850. The molecule has 1 aromatic carbocycles. The van der Waals surface area contributed by atoms with Crippen molar-refractivity contribution in [3.8, 4) is 11.5 Å². The summed E-state index contributed by atoms with van der Waals surface area (Å²) >= 11 is 0. The highest BCUT2D eigenvalue weighted by Crippen LogP contribution is 2.29. The standard InChI is InChI=1S/C12H17NO2.C3H6O/c1-14-11-5-10(13)6-12(7-11)15-8-9-3-2-4-9;1-3(2)4/h5-7,9H,2-4,8,13H2,1H3;1-2H3. The zero-order chi connectivity index (χ0) is 14.3. The van der Waals surface area contributed by atoms with Crippen LogP contribution in [0.4, 0.5) is 5.69 Å². The molecule has 2 rings (SSSR count). The topological polar surface area (TPSA) is 61.5 Å².